The highest BCUT2D eigenvalue weighted by Gasteiger charge is 2.12. The Bertz CT molecular complexity index is 140. The van der Waals surface area contributed by atoms with Crippen molar-refractivity contribution in [3.05, 3.63) is 0 Å². The predicted molar refractivity (Wildman–Crippen MR) is 66.9 cm³/mol. The van der Waals surface area contributed by atoms with Crippen LogP contribution in [0.25, 0.3) is 0 Å². The van der Waals surface area contributed by atoms with Gasteiger partial charge in [0.1, 0.15) is 0 Å². The molecule has 0 saturated carbocycles. The van der Waals surface area contributed by atoms with E-state index in [1.54, 1.807) is 0 Å². The van der Waals surface area contributed by atoms with Crippen molar-refractivity contribution < 1.29 is 22.0 Å². The lowest BCUT2D eigenvalue weighted by Crippen LogP contribution is -3.00. The summed E-state index contributed by atoms with van der Waals surface area (Å²) in [5, 5.41) is 8.79. The molecule has 0 rings (SSSR count). The van der Waals surface area contributed by atoms with Crippen molar-refractivity contribution in [3.63, 3.8) is 0 Å². The van der Waals surface area contributed by atoms with Gasteiger partial charge in [0.05, 0.1) is 27.2 Å². The zero-order chi connectivity index (χ0) is 11.6. The molecule has 100 valence electrons. The molecule has 0 aromatic rings. The van der Waals surface area contributed by atoms with Crippen LogP contribution >= 0.6 is 0 Å². The molecule has 0 aliphatic heterocycles. The monoisotopic (exact) mass is 251 g/mol. The molecule has 0 heterocycles. The van der Waals surface area contributed by atoms with Crippen LogP contribution in [0.4, 0.5) is 0 Å². The number of quaternary nitrogens is 1. The Morgan fingerprint density at radius 3 is 1.88 bits per heavy atom. The third kappa shape index (κ3) is 12.3. The second kappa shape index (κ2) is 11.7. The normalized spacial score (nSPS) is 11.2. The largest absolute Gasteiger partial charge is 1.00 e. The Morgan fingerprint density at radius 1 is 0.812 bits per heavy atom. The average Bonchev–Trinajstić information content (AvgIpc) is 2.20. The van der Waals surface area contributed by atoms with Crippen molar-refractivity contribution in [1.82, 2.24) is 0 Å². The molecule has 0 amide bonds. The predicted octanol–water partition coefficient (Wildman–Crippen LogP) is -0.190. The van der Waals surface area contributed by atoms with Crippen LogP contribution in [-0.4, -0.2) is 43.4 Å². The smallest absolute Gasteiger partial charge is 0.0804 e. The number of aliphatic hydroxyl groups is 1. The lowest BCUT2D eigenvalue weighted by Gasteiger charge is -2.29. The Hall–Kier alpha value is 0.210. The summed E-state index contributed by atoms with van der Waals surface area (Å²) < 4.78 is 1.06. The van der Waals surface area contributed by atoms with Gasteiger partial charge in [-0.05, 0) is 12.8 Å². The van der Waals surface area contributed by atoms with Crippen molar-refractivity contribution in [3.8, 4) is 0 Å². The first-order valence-electron chi connectivity index (χ1n) is 6.55. The van der Waals surface area contributed by atoms with Crippen molar-refractivity contribution in [2.45, 2.75) is 51.9 Å². The van der Waals surface area contributed by atoms with Crippen LogP contribution < -0.4 is 12.4 Å². The van der Waals surface area contributed by atoms with Gasteiger partial charge >= 0.3 is 0 Å². The van der Waals surface area contributed by atoms with Crippen molar-refractivity contribution in [2.75, 3.05) is 33.8 Å². The van der Waals surface area contributed by atoms with E-state index in [0.29, 0.717) is 6.61 Å². The average molecular weight is 252 g/mol. The van der Waals surface area contributed by atoms with Crippen LogP contribution in [0.3, 0.4) is 0 Å². The molecule has 0 radical (unpaired) electrons. The lowest BCUT2D eigenvalue weighted by atomic mass is 10.1. The molecule has 1 N–H and O–H groups in total. The first-order valence-corrected chi connectivity index (χ1v) is 6.55. The Morgan fingerprint density at radius 2 is 1.31 bits per heavy atom. The van der Waals surface area contributed by atoms with E-state index >= 15 is 0 Å². The van der Waals surface area contributed by atoms with Gasteiger partial charge in [-0.15, -0.1) is 0 Å². The number of hydrogen-bond acceptors (Lipinski definition) is 1. The number of nitrogens with zero attached hydrogens (tertiary/aromatic N) is 1. The number of rotatable bonds is 10. The van der Waals surface area contributed by atoms with Gasteiger partial charge < -0.3 is 22.0 Å². The molecule has 0 aliphatic rings. The highest BCUT2D eigenvalue weighted by Crippen LogP contribution is 2.08. The number of halogens is 1. The van der Waals surface area contributed by atoms with Crippen LogP contribution in [0.1, 0.15) is 51.9 Å². The summed E-state index contributed by atoms with van der Waals surface area (Å²) in [5.41, 5.74) is 0. The maximum atomic E-state index is 8.79. The van der Waals surface area contributed by atoms with Crippen molar-refractivity contribution in [2.24, 2.45) is 0 Å². The molecule has 0 bridgehead atoms. The Labute approximate surface area is 108 Å². The zero-order valence-corrected chi connectivity index (χ0v) is 12.1. The lowest BCUT2D eigenvalue weighted by molar-refractivity contribution is -0.890. The fraction of sp³-hybridized carbons (Fsp3) is 1.00. The molecule has 0 aromatic heterocycles. The molecular weight excluding hydrogens is 222 g/mol. The summed E-state index contributed by atoms with van der Waals surface area (Å²) in [6.07, 6.45) is 9.17. The number of aliphatic hydroxyl groups excluding tert-OH is 1. The summed E-state index contributed by atoms with van der Waals surface area (Å²) in [6.45, 7) is 4.95. The summed E-state index contributed by atoms with van der Waals surface area (Å²) in [4.78, 5) is 0. The van der Waals surface area contributed by atoms with Gasteiger partial charge in [-0.1, -0.05) is 32.6 Å². The Balaban J connectivity index is 0. The molecule has 2 nitrogen and oxygen atoms in total. The van der Waals surface area contributed by atoms with Crippen LogP contribution in [-0.2, 0) is 0 Å². The minimum Gasteiger partial charge on any atom is -1.00 e. The highest BCUT2D eigenvalue weighted by atomic mass is 35.5. The minimum absolute atomic E-state index is 0. The Kier molecular flexibility index (Phi) is 13.6. The molecule has 3 heteroatoms. The molecule has 0 atom stereocenters. The molecule has 0 fully saturated rings. The number of unbranched alkanes of at least 4 members (excludes halogenated alkanes) is 5. The van der Waals surface area contributed by atoms with Gasteiger partial charge in [0.25, 0.3) is 0 Å². The first kappa shape index (κ1) is 18.6. The third-order valence-electron chi connectivity index (χ3n) is 3.04. The second-order valence-electron chi connectivity index (χ2n) is 5.23. The number of hydrogen-bond donors (Lipinski definition) is 1. The second-order valence-corrected chi connectivity index (χ2v) is 5.23. The quantitative estimate of drug-likeness (QED) is 0.422. The van der Waals surface area contributed by atoms with Gasteiger partial charge in [-0.3, -0.25) is 0 Å². The maximum absolute atomic E-state index is 8.79. The zero-order valence-electron chi connectivity index (χ0n) is 11.3. The standard InChI is InChI=1S/C13H30NO.ClH/c1-4-5-6-7-8-9-11-14(2,3)12-10-13-15;/h15H,4-13H2,1-3H3;1H/q+1;/p-1. The molecular formula is C13H30ClNO. The first-order chi connectivity index (χ1) is 7.12. The van der Waals surface area contributed by atoms with E-state index in [1.165, 1.54) is 45.1 Å². The fourth-order valence-corrected chi connectivity index (χ4v) is 1.93. The molecule has 0 aromatic carbocycles. The van der Waals surface area contributed by atoms with Crippen LogP contribution in [0, 0.1) is 0 Å². The summed E-state index contributed by atoms with van der Waals surface area (Å²) >= 11 is 0. The van der Waals surface area contributed by atoms with Gasteiger partial charge in [0, 0.05) is 13.0 Å². The molecule has 0 spiro atoms. The summed E-state index contributed by atoms with van der Waals surface area (Å²) in [6, 6.07) is 0. The molecule has 0 saturated heterocycles. The summed E-state index contributed by atoms with van der Waals surface area (Å²) in [5.74, 6) is 0. The van der Waals surface area contributed by atoms with E-state index in [4.69, 9.17) is 5.11 Å². The summed E-state index contributed by atoms with van der Waals surface area (Å²) in [7, 11) is 4.53. The highest BCUT2D eigenvalue weighted by molar-refractivity contribution is 4.44. The minimum atomic E-state index is 0. The van der Waals surface area contributed by atoms with Gasteiger partial charge in [-0.2, -0.15) is 0 Å². The van der Waals surface area contributed by atoms with Gasteiger partial charge in [0.15, 0.2) is 0 Å². The topological polar surface area (TPSA) is 20.2 Å². The van der Waals surface area contributed by atoms with E-state index < -0.39 is 0 Å². The van der Waals surface area contributed by atoms with E-state index in [0.717, 1.165) is 17.4 Å². The van der Waals surface area contributed by atoms with E-state index in [2.05, 4.69) is 21.0 Å². The maximum Gasteiger partial charge on any atom is 0.0804 e. The SMILES string of the molecule is CCCCCCCC[N+](C)(C)CCCO.[Cl-]. The fourth-order valence-electron chi connectivity index (χ4n) is 1.93. The van der Waals surface area contributed by atoms with E-state index in [9.17, 15) is 0 Å². The van der Waals surface area contributed by atoms with Crippen LogP contribution in [0.5, 0.6) is 0 Å². The molecule has 16 heavy (non-hydrogen) atoms. The van der Waals surface area contributed by atoms with E-state index in [1.807, 2.05) is 0 Å². The van der Waals surface area contributed by atoms with Crippen molar-refractivity contribution >= 4 is 0 Å². The molecule has 0 unspecified atom stereocenters. The van der Waals surface area contributed by atoms with Crippen molar-refractivity contribution in [1.29, 1.82) is 0 Å². The van der Waals surface area contributed by atoms with Crippen LogP contribution in [0.15, 0.2) is 0 Å². The third-order valence-corrected chi connectivity index (χ3v) is 3.04. The van der Waals surface area contributed by atoms with Gasteiger partial charge in [-0.25, -0.2) is 0 Å². The van der Waals surface area contributed by atoms with Gasteiger partial charge in [0.2, 0.25) is 0 Å². The van der Waals surface area contributed by atoms with Crippen LogP contribution in [0.2, 0.25) is 0 Å². The molecule has 0 aliphatic carbocycles. The van der Waals surface area contributed by atoms with E-state index in [-0.39, 0.29) is 12.4 Å².